The highest BCUT2D eigenvalue weighted by atomic mass is 79.9. The van der Waals surface area contributed by atoms with E-state index >= 15 is 0 Å². The third-order valence-corrected chi connectivity index (χ3v) is 3.36. The van der Waals surface area contributed by atoms with Crippen LogP contribution in [0.2, 0.25) is 0 Å². The number of alkyl halides is 1. The molecule has 18 heavy (non-hydrogen) atoms. The van der Waals surface area contributed by atoms with E-state index in [9.17, 15) is 14.9 Å². The fourth-order valence-corrected chi connectivity index (χ4v) is 2.47. The number of non-ortho nitro benzene ring substituents is 1. The number of hydrogen-bond acceptors (Lipinski definition) is 4. The van der Waals surface area contributed by atoms with E-state index in [0.717, 1.165) is 0 Å². The van der Waals surface area contributed by atoms with E-state index in [0.29, 0.717) is 24.4 Å². The van der Waals surface area contributed by atoms with Crippen molar-refractivity contribution in [3.63, 3.8) is 0 Å². The van der Waals surface area contributed by atoms with Crippen LogP contribution in [0.4, 0.5) is 11.4 Å². The second-order valence-corrected chi connectivity index (χ2v) is 5.21. The van der Waals surface area contributed by atoms with E-state index < -0.39 is 4.92 Å². The predicted octanol–water partition coefficient (Wildman–Crippen LogP) is 2.10. The molecule has 1 aromatic carbocycles. The lowest BCUT2D eigenvalue weighted by atomic mass is 10.2. The number of nitro groups is 1. The lowest BCUT2D eigenvalue weighted by Gasteiger charge is -2.18. The van der Waals surface area contributed by atoms with Crippen molar-refractivity contribution >= 4 is 33.2 Å². The van der Waals surface area contributed by atoms with Crippen LogP contribution in [-0.2, 0) is 4.79 Å². The molecule has 0 aromatic heterocycles. The zero-order valence-corrected chi connectivity index (χ0v) is 11.2. The van der Waals surface area contributed by atoms with Gasteiger partial charge in [0.2, 0.25) is 5.91 Å². The zero-order valence-electron chi connectivity index (χ0n) is 9.63. The Morgan fingerprint density at radius 1 is 1.56 bits per heavy atom. The van der Waals surface area contributed by atoms with Gasteiger partial charge in [-0.3, -0.25) is 14.9 Å². The van der Waals surface area contributed by atoms with Gasteiger partial charge in [-0.2, -0.15) is 0 Å². The van der Waals surface area contributed by atoms with Crippen LogP contribution in [0.15, 0.2) is 18.2 Å². The van der Waals surface area contributed by atoms with Gasteiger partial charge in [-0.1, -0.05) is 15.9 Å². The molecule has 1 amide bonds. The van der Waals surface area contributed by atoms with E-state index in [2.05, 4.69) is 15.9 Å². The van der Waals surface area contributed by atoms with Crippen LogP contribution in [0.5, 0.6) is 5.75 Å². The van der Waals surface area contributed by atoms with Crippen molar-refractivity contribution in [2.75, 3.05) is 18.6 Å². The molecule has 1 atom stereocenters. The number of nitrogens with zero attached hydrogens (tertiary/aromatic N) is 2. The first-order chi connectivity index (χ1) is 8.52. The van der Waals surface area contributed by atoms with Crippen molar-refractivity contribution in [3.05, 3.63) is 28.3 Å². The summed E-state index contributed by atoms with van der Waals surface area (Å²) in [7, 11) is 1.43. The average molecular weight is 315 g/mol. The number of hydrogen-bond donors (Lipinski definition) is 0. The molecular weight excluding hydrogens is 304 g/mol. The van der Waals surface area contributed by atoms with Crippen molar-refractivity contribution in [3.8, 4) is 5.75 Å². The minimum absolute atomic E-state index is 0.0240. The Hall–Kier alpha value is -1.63. The standard InChI is InChI=1S/C11H11BrN2O4/c1-18-10-5-8(14(16)17)2-3-9(10)13-6-7(12)4-11(13)15/h2-3,5,7H,4,6H2,1H3. The molecule has 1 aliphatic heterocycles. The molecule has 0 N–H and O–H groups in total. The van der Waals surface area contributed by atoms with Crippen molar-refractivity contribution in [1.29, 1.82) is 0 Å². The Kier molecular flexibility index (Phi) is 3.51. The normalized spacial score (nSPS) is 19.1. The summed E-state index contributed by atoms with van der Waals surface area (Å²) in [5.74, 6) is 0.308. The van der Waals surface area contributed by atoms with Gasteiger partial charge >= 0.3 is 0 Å². The van der Waals surface area contributed by atoms with Gasteiger partial charge in [-0.05, 0) is 6.07 Å². The molecule has 0 radical (unpaired) electrons. The largest absolute Gasteiger partial charge is 0.494 e. The Morgan fingerprint density at radius 2 is 2.28 bits per heavy atom. The molecule has 7 heteroatoms. The van der Waals surface area contributed by atoms with Crippen molar-refractivity contribution in [2.45, 2.75) is 11.2 Å². The summed E-state index contributed by atoms with van der Waals surface area (Å²) < 4.78 is 5.12. The highest BCUT2D eigenvalue weighted by Crippen LogP contribution is 2.35. The highest BCUT2D eigenvalue weighted by Gasteiger charge is 2.31. The summed E-state index contributed by atoms with van der Waals surface area (Å²) in [5.41, 5.74) is 0.507. The molecule has 1 unspecified atom stereocenters. The summed E-state index contributed by atoms with van der Waals surface area (Å²) in [5, 5.41) is 10.7. The molecule has 6 nitrogen and oxygen atoms in total. The third kappa shape index (κ3) is 2.31. The summed E-state index contributed by atoms with van der Waals surface area (Å²) in [6.45, 7) is 0.535. The van der Waals surface area contributed by atoms with Crippen LogP contribution in [-0.4, -0.2) is 29.3 Å². The van der Waals surface area contributed by atoms with Crippen molar-refractivity contribution < 1.29 is 14.5 Å². The first kappa shape index (κ1) is 12.8. The molecule has 1 aliphatic rings. The van der Waals surface area contributed by atoms with Gasteiger partial charge in [-0.15, -0.1) is 0 Å². The number of amides is 1. The monoisotopic (exact) mass is 314 g/mol. The van der Waals surface area contributed by atoms with E-state index in [1.165, 1.54) is 19.2 Å². The topological polar surface area (TPSA) is 72.7 Å². The van der Waals surface area contributed by atoms with E-state index in [1.807, 2.05) is 0 Å². The second-order valence-electron chi connectivity index (χ2n) is 3.92. The van der Waals surface area contributed by atoms with Crippen LogP contribution in [0, 0.1) is 10.1 Å². The molecular formula is C11H11BrN2O4. The molecule has 0 bridgehead atoms. The first-order valence-corrected chi connectivity index (χ1v) is 6.21. The maximum absolute atomic E-state index is 11.8. The van der Waals surface area contributed by atoms with Crippen LogP contribution < -0.4 is 9.64 Å². The molecule has 1 aromatic rings. The van der Waals surface area contributed by atoms with E-state index in [4.69, 9.17) is 4.74 Å². The van der Waals surface area contributed by atoms with Crippen LogP contribution >= 0.6 is 15.9 Å². The Balaban J connectivity index is 2.39. The molecule has 1 fully saturated rings. The number of halogens is 1. The number of methoxy groups -OCH3 is 1. The highest BCUT2D eigenvalue weighted by molar-refractivity contribution is 9.09. The Bertz CT molecular complexity index is 506. The molecule has 1 saturated heterocycles. The number of ether oxygens (including phenoxy) is 1. The SMILES string of the molecule is COc1cc([N+](=O)[O-])ccc1N1CC(Br)CC1=O. The fourth-order valence-electron chi connectivity index (χ4n) is 1.90. The van der Waals surface area contributed by atoms with Crippen LogP contribution in [0.1, 0.15) is 6.42 Å². The average Bonchev–Trinajstić information content (AvgIpc) is 2.67. The molecule has 0 saturated carbocycles. The van der Waals surface area contributed by atoms with E-state index in [1.54, 1.807) is 11.0 Å². The van der Waals surface area contributed by atoms with Gasteiger partial charge in [0.1, 0.15) is 5.75 Å². The molecule has 96 valence electrons. The van der Waals surface area contributed by atoms with Crippen molar-refractivity contribution in [1.82, 2.24) is 0 Å². The predicted molar refractivity (Wildman–Crippen MR) is 69.3 cm³/mol. The first-order valence-electron chi connectivity index (χ1n) is 5.29. The zero-order chi connectivity index (χ0) is 13.3. The number of nitro benzene ring substituents is 1. The number of benzene rings is 1. The van der Waals surface area contributed by atoms with Gasteiger partial charge in [0.15, 0.2) is 0 Å². The summed E-state index contributed by atoms with van der Waals surface area (Å²) in [6.07, 6.45) is 0.417. The van der Waals surface area contributed by atoms with Gasteiger partial charge in [0.25, 0.3) is 5.69 Å². The number of anilines is 1. The minimum Gasteiger partial charge on any atom is -0.494 e. The minimum atomic E-state index is -0.495. The maximum atomic E-state index is 11.8. The Morgan fingerprint density at radius 3 is 2.78 bits per heavy atom. The van der Waals surface area contributed by atoms with Crippen molar-refractivity contribution in [2.24, 2.45) is 0 Å². The smallest absolute Gasteiger partial charge is 0.273 e. The molecule has 0 aliphatic carbocycles. The van der Waals surface area contributed by atoms with Crippen LogP contribution in [0.3, 0.4) is 0 Å². The maximum Gasteiger partial charge on any atom is 0.273 e. The van der Waals surface area contributed by atoms with Crippen LogP contribution in [0.25, 0.3) is 0 Å². The van der Waals surface area contributed by atoms with Gasteiger partial charge in [0, 0.05) is 23.9 Å². The quantitative estimate of drug-likeness (QED) is 0.486. The fraction of sp³-hybridized carbons (Fsp3) is 0.364. The lowest BCUT2D eigenvalue weighted by Crippen LogP contribution is -2.25. The van der Waals surface area contributed by atoms with Gasteiger partial charge in [0.05, 0.1) is 23.8 Å². The lowest BCUT2D eigenvalue weighted by molar-refractivity contribution is -0.384. The Labute approximate surface area is 112 Å². The number of carbonyl (C=O) groups excluding carboxylic acids is 1. The molecule has 2 rings (SSSR count). The van der Waals surface area contributed by atoms with E-state index in [-0.39, 0.29) is 16.4 Å². The molecule has 0 spiro atoms. The number of carbonyl (C=O) groups is 1. The second kappa shape index (κ2) is 4.93. The third-order valence-electron chi connectivity index (χ3n) is 2.74. The summed E-state index contributed by atoms with van der Waals surface area (Å²) >= 11 is 3.39. The molecule has 1 heterocycles. The summed E-state index contributed by atoms with van der Waals surface area (Å²) in [4.78, 5) is 23.6. The number of rotatable bonds is 3. The van der Waals surface area contributed by atoms with Gasteiger partial charge < -0.3 is 9.64 Å². The van der Waals surface area contributed by atoms with Gasteiger partial charge in [-0.25, -0.2) is 0 Å². The summed E-state index contributed by atoms with van der Waals surface area (Å²) in [6, 6.07) is 4.23.